The summed E-state index contributed by atoms with van der Waals surface area (Å²) in [6, 6.07) is 13.2. The molecule has 26 heavy (non-hydrogen) atoms. The largest absolute Gasteiger partial charge is 0.484 e. The summed E-state index contributed by atoms with van der Waals surface area (Å²) in [5.74, 6) is 0.294. The number of halogens is 2. The first-order valence-corrected chi connectivity index (χ1v) is 9.00. The Morgan fingerprint density at radius 1 is 1.15 bits per heavy atom. The monoisotopic (exact) mass is 377 g/mol. The topological polar surface area (TPSA) is 38.8 Å². The number of benzene rings is 2. The second kappa shape index (κ2) is 9.01. The van der Waals surface area contributed by atoms with Crippen molar-refractivity contribution in [3.63, 3.8) is 0 Å². The second-order valence-electron chi connectivity index (χ2n) is 6.28. The Labute approximate surface area is 157 Å². The zero-order valence-corrected chi connectivity index (χ0v) is 15.1. The van der Waals surface area contributed by atoms with E-state index in [4.69, 9.17) is 21.1 Å². The van der Waals surface area contributed by atoms with E-state index in [-0.39, 0.29) is 24.4 Å². The lowest BCUT2D eigenvalue weighted by atomic mass is 10.1. The third-order valence-electron chi connectivity index (χ3n) is 4.31. The molecule has 0 spiro atoms. The summed E-state index contributed by atoms with van der Waals surface area (Å²) in [6.07, 6.45) is 1.78. The third-order valence-corrected chi connectivity index (χ3v) is 4.56. The summed E-state index contributed by atoms with van der Waals surface area (Å²) < 4.78 is 24.4. The van der Waals surface area contributed by atoms with Gasteiger partial charge in [-0.05, 0) is 54.8 Å². The Morgan fingerprint density at radius 2 is 1.88 bits per heavy atom. The number of nitrogens with zero attached hydrogens (tertiary/aromatic N) is 1. The van der Waals surface area contributed by atoms with Gasteiger partial charge >= 0.3 is 0 Å². The molecule has 1 aliphatic heterocycles. The molecule has 0 radical (unpaired) electrons. The predicted molar refractivity (Wildman–Crippen MR) is 97.7 cm³/mol. The van der Waals surface area contributed by atoms with Crippen molar-refractivity contribution in [2.24, 2.45) is 0 Å². The Kier molecular flexibility index (Phi) is 6.47. The molecular formula is C20H21ClFNO3. The molecule has 1 heterocycles. The number of hydrogen-bond donors (Lipinski definition) is 0. The van der Waals surface area contributed by atoms with Crippen LogP contribution in [-0.2, 0) is 16.1 Å². The van der Waals surface area contributed by atoms with Gasteiger partial charge in [-0.2, -0.15) is 0 Å². The van der Waals surface area contributed by atoms with Crippen LogP contribution in [0.15, 0.2) is 48.5 Å². The summed E-state index contributed by atoms with van der Waals surface area (Å²) in [5, 5.41) is 0.626. The molecule has 0 saturated carbocycles. The number of carbonyl (C=O) groups is 1. The Morgan fingerprint density at radius 3 is 2.62 bits per heavy atom. The van der Waals surface area contributed by atoms with Crippen LogP contribution in [0.4, 0.5) is 4.39 Å². The minimum atomic E-state index is -0.260. The summed E-state index contributed by atoms with van der Waals surface area (Å²) in [7, 11) is 0. The Hall–Kier alpha value is -2.11. The maximum absolute atomic E-state index is 12.9. The maximum atomic E-state index is 12.9. The van der Waals surface area contributed by atoms with Crippen LogP contribution in [0.5, 0.6) is 5.75 Å². The number of piperidine rings is 1. The van der Waals surface area contributed by atoms with Crippen molar-refractivity contribution in [2.75, 3.05) is 19.7 Å². The molecule has 3 rings (SSSR count). The van der Waals surface area contributed by atoms with Gasteiger partial charge in [0.1, 0.15) is 11.6 Å². The first kappa shape index (κ1) is 18.7. The lowest BCUT2D eigenvalue weighted by Gasteiger charge is -2.32. The average molecular weight is 378 g/mol. The number of hydrogen-bond acceptors (Lipinski definition) is 3. The molecule has 1 fully saturated rings. The van der Waals surface area contributed by atoms with Gasteiger partial charge < -0.3 is 14.4 Å². The molecule has 0 aliphatic carbocycles. The standard InChI is InChI=1S/C20H21ClFNO3/c21-16-5-9-18(10-6-16)26-14-20(24)23-11-1-2-19(12-23)25-13-15-3-7-17(22)8-4-15/h3-10,19H,1-2,11-14H2/t19-/m0/s1. The molecule has 2 aromatic carbocycles. The van der Waals surface area contributed by atoms with E-state index in [9.17, 15) is 9.18 Å². The zero-order valence-electron chi connectivity index (χ0n) is 14.4. The summed E-state index contributed by atoms with van der Waals surface area (Å²) in [5.41, 5.74) is 0.918. The predicted octanol–water partition coefficient (Wildman–Crippen LogP) is 4.07. The molecule has 0 aromatic heterocycles. The molecule has 0 unspecified atom stereocenters. The van der Waals surface area contributed by atoms with Gasteiger partial charge in [0.2, 0.25) is 0 Å². The van der Waals surface area contributed by atoms with Crippen molar-refractivity contribution in [1.82, 2.24) is 4.90 Å². The summed E-state index contributed by atoms with van der Waals surface area (Å²) in [6.45, 7) is 1.66. The zero-order chi connectivity index (χ0) is 18.4. The first-order chi connectivity index (χ1) is 12.6. The van der Waals surface area contributed by atoms with E-state index in [2.05, 4.69) is 0 Å². The molecule has 0 bridgehead atoms. The molecule has 6 heteroatoms. The maximum Gasteiger partial charge on any atom is 0.260 e. The van der Waals surface area contributed by atoms with Gasteiger partial charge in [-0.15, -0.1) is 0 Å². The summed E-state index contributed by atoms with van der Waals surface area (Å²) >= 11 is 5.83. The van der Waals surface area contributed by atoms with Crippen molar-refractivity contribution in [2.45, 2.75) is 25.6 Å². The molecule has 1 amide bonds. The highest BCUT2D eigenvalue weighted by molar-refractivity contribution is 6.30. The molecule has 138 valence electrons. The fraction of sp³-hybridized carbons (Fsp3) is 0.350. The number of amides is 1. The second-order valence-corrected chi connectivity index (χ2v) is 6.72. The van der Waals surface area contributed by atoms with Gasteiger partial charge in [0.05, 0.1) is 12.7 Å². The molecule has 2 aromatic rings. The first-order valence-electron chi connectivity index (χ1n) is 8.62. The van der Waals surface area contributed by atoms with E-state index >= 15 is 0 Å². The van der Waals surface area contributed by atoms with Crippen molar-refractivity contribution in [3.05, 3.63) is 64.9 Å². The summed E-state index contributed by atoms with van der Waals surface area (Å²) in [4.78, 5) is 14.1. The Bertz CT molecular complexity index is 721. The van der Waals surface area contributed by atoms with Gasteiger partial charge in [-0.1, -0.05) is 23.7 Å². The van der Waals surface area contributed by atoms with Gasteiger partial charge in [-0.3, -0.25) is 4.79 Å². The lowest BCUT2D eigenvalue weighted by Crippen LogP contribution is -2.45. The fourth-order valence-corrected chi connectivity index (χ4v) is 2.99. The smallest absolute Gasteiger partial charge is 0.260 e. The number of ether oxygens (including phenoxy) is 2. The van der Waals surface area contributed by atoms with Crippen molar-refractivity contribution in [3.8, 4) is 5.75 Å². The van der Waals surface area contributed by atoms with Crippen LogP contribution in [-0.4, -0.2) is 36.6 Å². The van der Waals surface area contributed by atoms with Gasteiger partial charge in [0.15, 0.2) is 6.61 Å². The molecule has 1 saturated heterocycles. The van der Waals surface area contributed by atoms with Crippen molar-refractivity contribution < 1.29 is 18.7 Å². The quantitative estimate of drug-likeness (QED) is 0.761. The van der Waals surface area contributed by atoms with Crippen LogP contribution < -0.4 is 4.74 Å². The highest BCUT2D eigenvalue weighted by atomic mass is 35.5. The number of rotatable bonds is 6. The molecule has 4 nitrogen and oxygen atoms in total. The van der Waals surface area contributed by atoms with Gasteiger partial charge in [0, 0.05) is 18.1 Å². The highest BCUT2D eigenvalue weighted by Crippen LogP contribution is 2.18. The highest BCUT2D eigenvalue weighted by Gasteiger charge is 2.24. The van der Waals surface area contributed by atoms with Crippen LogP contribution in [0.2, 0.25) is 5.02 Å². The molecule has 0 N–H and O–H groups in total. The van der Waals surface area contributed by atoms with E-state index in [1.165, 1.54) is 12.1 Å². The van der Waals surface area contributed by atoms with E-state index in [0.29, 0.717) is 30.5 Å². The van der Waals surface area contributed by atoms with Gasteiger partial charge in [0.25, 0.3) is 5.91 Å². The van der Waals surface area contributed by atoms with Gasteiger partial charge in [-0.25, -0.2) is 4.39 Å². The van der Waals surface area contributed by atoms with Crippen LogP contribution >= 0.6 is 11.6 Å². The Balaban J connectivity index is 1.45. The number of likely N-dealkylation sites (tertiary alicyclic amines) is 1. The minimum Gasteiger partial charge on any atom is -0.484 e. The van der Waals surface area contributed by atoms with Crippen LogP contribution in [0.25, 0.3) is 0 Å². The van der Waals surface area contributed by atoms with Crippen LogP contribution in [0, 0.1) is 5.82 Å². The van der Waals surface area contributed by atoms with Crippen molar-refractivity contribution >= 4 is 17.5 Å². The third kappa shape index (κ3) is 5.44. The van der Waals surface area contributed by atoms with Crippen LogP contribution in [0.3, 0.4) is 0 Å². The van der Waals surface area contributed by atoms with Crippen LogP contribution in [0.1, 0.15) is 18.4 Å². The molecule has 1 aliphatic rings. The van der Waals surface area contributed by atoms with E-state index < -0.39 is 0 Å². The lowest BCUT2D eigenvalue weighted by molar-refractivity contribution is -0.137. The average Bonchev–Trinajstić information content (AvgIpc) is 2.67. The number of carbonyl (C=O) groups excluding carboxylic acids is 1. The SMILES string of the molecule is O=C(COc1ccc(Cl)cc1)N1CCC[C@H](OCc2ccc(F)cc2)C1. The normalized spacial score (nSPS) is 17.2. The fourth-order valence-electron chi connectivity index (χ4n) is 2.86. The molecular weight excluding hydrogens is 357 g/mol. The van der Waals surface area contributed by atoms with Crippen molar-refractivity contribution in [1.29, 1.82) is 0 Å². The molecule has 1 atom stereocenters. The van der Waals surface area contributed by atoms with E-state index in [1.54, 1.807) is 41.3 Å². The van der Waals surface area contributed by atoms with E-state index in [1.807, 2.05) is 0 Å². The van der Waals surface area contributed by atoms with E-state index in [0.717, 1.165) is 18.4 Å². The minimum absolute atomic E-state index is 0.00762.